The molecule has 0 saturated carbocycles. The van der Waals surface area contributed by atoms with Crippen LogP contribution in [0.2, 0.25) is 10.0 Å². The standard InChI is InChI=1S/C19H19BrCl2N2O/c20-17-5-4-16(11-18(17)22)23-19(25)14-6-8-24(9-7-14)12-13-2-1-3-15(21)10-13/h1-5,10-11,14H,6-9,12H2,(H,23,25). The summed E-state index contributed by atoms with van der Waals surface area (Å²) in [6.45, 7) is 2.69. The zero-order valence-corrected chi connectivity index (χ0v) is 16.7. The molecule has 1 heterocycles. The molecule has 1 fully saturated rings. The van der Waals surface area contributed by atoms with Gasteiger partial charge in [0.1, 0.15) is 0 Å². The van der Waals surface area contributed by atoms with Crippen molar-refractivity contribution in [2.45, 2.75) is 19.4 Å². The Kier molecular flexibility index (Phi) is 6.39. The van der Waals surface area contributed by atoms with Crippen LogP contribution in [0.3, 0.4) is 0 Å². The molecule has 0 atom stereocenters. The van der Waals surface area contributed by atoms with Crippen molar-refractivity contribution in [3.05, 3.63) is 62.5 Å². The first-order valence-corrected chi connectivity index (χ1v) is 9.79. The third-order valence-electron chi connectivity index (χ3n) is 4.44. The maximum absolute atomic E-state index is 12.5. The van der Waals surface area contributed by atoms with Crippen LogP contribution in [0.25, 0.3) is 0 Å². The van der Waals surface area contributed by atoms with Gasteiger partial charge in [0.25, 0.3) is 0 Å². The SMILES string of the molecule is O=C(Nc1ccc(Br)c(Cl)c1)C1CCN(Cc2cccc(Cl)c2)CC1. The summed E-state index contributed by atoms with van der Waals surface area (Å²) in [7, 11) is 0. The van der Waals surface area contributed by atoms with Gasteiger partial charge in [0.2, 0.25) is 5.91 Å². The van der Waals surface area contributed by atoms with Crippen LogP contribution in [-0.4, -0.2) is 23.9 Å². The fourth-order valence-corrected chi connectivity index (χ4v) is 3.71. The number of piperidine rings is 1. The number of nitrogens with zero attached hydrogens (tertiary/aromatic N) is 1. The van der Waals surface area contributed by atoms with Gasteiger partial charge in [0.05, 0.1) is 5.02 Å². The van der Waals surface area contributed by atoms with Crippen LogP contribution in [0.15, 0.2) is 46.9 Å². The molecule has 1 amide bonds. The monoisotopic (exact) mass is 440 g/mol. The van der Waals surface area contributed by atoms with Gasteiger partial charge in [-0.15, -0.1) is 0 Å². The summed E-state index contributed by atoms with van der Waals surface area (Å²) < 4.78 is 0.821. The lowest BCUT2D eigenvalue weighted by Gasteiger charge is -2.31. The Bertz CT molecular complexity index is 761. The van der Waals surface area contributed by atoms with Crippen LogP contribution in [-0.2, 0) is 11.3 Å². The van der Waals surface area contributed by atoms with E-state index in [9.17, 15) is 4.79 Å². The van der Waals surface area contributed by atoms with Crippen LogP contribution < -0.4 is 5.32 Å². The third-order valence-corrected chi connectivity index (χ3v) is 5.91. The van der Waals surface area contributed by atoms with E-state index in [2.05, 4.69) is 32.2 Å². The molecular formula is C19H19BrCl2N2O. The minimum Gasteiger partial charge on any atom is -0.326 e. The van der Waals surface area contributed by atoms with E-state index < -0.39 is 0 Å². The van der Waals surface area contributed by atoms with Crippen molar-refractivity contribution in [1.82, 2.24) is 4.90 Å². The largest absolute Gasteiger partial charge is 0.326 e. The molecule has 132 valence electrons. The number of nitrogens with one attached hydrogen (secondary N) is 1. The molecular weight excluding hydrogens is 423 g/mol. The number of carbonyl (C=O) groups excluding carboxylic acids is 1. The normalized spacial score (nSPS) is 16.0. The highest BCUT2D eigenvalue weighted by atomic mass is 79.9. The molecule has 0 spiro atoms. The zero-order valence-electron chi connectivity index (χ0n) is 13.6. The van der Waals surface area contributed by atoms with Gasteiger partial charge in [-0.05, 0) is 77.8 Å². The Hall–Kier alpha value is -1.07. The Labute approximate surface area is 166 Å². The predicted octanol–water partition coefficient (Wildman–Crippen LogP) is 5.61. The molecule has 2 aromatic rings. The molecule has 3 rings (SSSR count). The molecule has 6 heteroatoms. The van der Waals surface area contributed by atoms with Crippen LogP contribution >= 0.6 is 39.1 Å². The number of hydrogen-bond donors (Lipinski definition) is 1. The summed E-state index contributed by atoms with van der Waals surface area (Å²) in [4.78, 5) is 14.8. The summed E-state index contributed by atoms with van der Waals surface area (Å²) in [5, 5.41) is 4.33. The van der Waals surface area contributed by atoms with E-state index in [1.165, 1.54) is 5.56 Å². The minimum atomic E-state index is 0.0398. The molecule has 1 N–H and O–H groups in total. The summed E-state index contributed by atoms with van der Waals surface area (Å²) in [5.74, 6) is 0.110. The fourth-order valence-electron chi connectivity index (χ4n) is 3.06. The van der Waals surface area contributed by atoms with E-state index in [0.29, 0.717) is 5.02 Å². The lowest BCUT2D eigenvalue weighted by molar-refractivity contribution is -0.121. The molecule has 25 heavy (non-hydrogen) atoms. The lowest BCUT2D eigenvalue weighted by Crippen LogP contribution is -2.37. The molecule has 0 aromatic heterocycles. The topological polar surface area (TPSA) is 32.3 Å². The first-order valence-electron chi connectivity index (χ1n) is 8.24. The van der Waals surface area contributed by atoms with Crippen molar-refractivity contribution < 1.29 is 4.79 Å². The second-order valence-corrected chi connectivity index (χ2v) is 8.00. The average Bonchev–Trinajstić information content (AvgIpc) is 2.59. The maximum Gasteiger partial charge on any atom is 0.227 e. The zero-order chi connectivity index (χ0) is 17.8. The molecule has 0 unspecified atom stereocenters. The number of benzene rings is 2. The number of amides is 1. The molecule has 0 aliphatic carbocycles. The molecule has 1 saturated heterocycles. The maximum atomic E-state index is 12.5. The highest BCUT2D eigenvalue weighted by molar-refractivity contribution is 9.10. The van der Waals surface area contributed by atoms with Gasteiger partial charge < -0.3 is 5.32 Å². The number of rotatable bonds is 4. The van der Waals surface area contributed by atoms with E-state index in [1.54, 1.807) is 6.07 Å². The smallest absolute Gasteiger partial charge is 0.227 e. The molecule has 2 aromatic carbocycles. The number of halogens is 3. The number of anilines is 1. The summed E-state index contributed by atoms with van der Waals surface area (Å²) >= 11 is 15.5. The van der Waals surface area contributed by atoms with Crippen LogP contribution in [0.1, 0.15) is 18.4 Å². The molecule has 0 bridgehead atoms. The van der Waals surface area contributed by atoms with Gasteiger partial charge >= 0.3 is 0 Å². The summed E-state index contributed by atoms with van der Waals surface area (Å²) in [6.07, 6.45) is 1.72. The summed E-state index contributed by atoms with van der Waals surface area (Å²) in [6, 6.07) is 13.4. The van der Waals surface area contributed by atoms with Crippen LogP contribution in [0.4, 0.5) is 5.69 Å². The second kappa shape index (κ2) is 8.54. The van der Waals surface area contributed by atoms with Crippen molar-refractivity contribution in [3.8, 4) is 0 Å². The second-order valence-electron chi connectivity index (χ2n) is 6.30. The van der Waals surface area contributed by atoms with E-state index in [0.717, 1.165) is 47.7 Å². The van der Waals surface area contributed by atoms with Gasteiger partial charge in [-0.2, -0.15) is 0 Å². The highest BCUT2D eigenvalue weighted by Crippen LogP contribution is 2.27. The number of carbonyl (C=O) groups is 1. The quantitative estimate of drug-likeness (QED) is 0.668. The summed E-state index contributed by atoms with van der Waals surface area (Å²) in [5.41, 5.74) is 1.94. The van der Waals surface area contributed by atoms with Gasteiger partial charge in [-0.1, -0.05) is 35.3 Å². The molecule has 1 aliphatic heterocycles. The van der Waals surface area contributed by atoms with Crippen LogP contribution in [0, 0.1) is 5.92 Å². The Morgan fingerprint density at radius 2 is 1.92 bits per heavy atom. The third kappa shape index (κ3) is 5.20. The Balaban J connectivity index is 1.51. The lowest BCUT2D eigenvalue weighted by atomic mass is 9.95. The van der Waals surface area contributed by atoms with E-state index in [4.69, 9.17) is 23.2 Å². The first kappa shape index (κ1) is 18.7. The average molecular weight is 442 g/mol. The van der Waals surface area contributed by atoms with E-state index in [1.807, 2.05) is 30.3 Å². The van der Waals surface area contributed by atoms with Crippen molar-refractivity contribution in [1.29, 1.82) is 0 Å². The number of hydrogen-bond acceptors (Lipinski definition) is 2. The van der Waals surface area contributed by atoms with Gasteiger partial charge in [0, 0.05) is 27.6 Å². The Morgan fingerprint density at radius 1 is 1.16 bits per heavy atom. The van der Waals surface area contributed by atoms with Gasteiger partial charge in [-0.25, -0.2) is 0 Å². The first-order chi connectivity index (χ1) is 12.0. The number of likely N-dealkylation sites (tertiary alicyclic amines) is 1. The van der Waals surface area contributed by atoms with Gasteiger partial charge in [0.15, 0.2) is 0 Å². The van der Waals surface area contributed by atoms with E-state index >= 15 is 0 Å². The fraction of sp³-hybridized carbons (Fsp3) is 0.316. The molecule has 0 radical (unpaired) electrons. The molecule has 3 nitrogen and oxygen atoms in total. The van der Waals surface area contributed by atoms with E-state index in [-0.39, 0.29) is 11.8 Å². The van der Waals surface area contributed by atoms with Crippen molar-refractivity contribution in [2.24, 2.45) is 5.92 Å². The van der Waals surface area contributed by atoms with Gasteiger partial charge in [-0.3, -0.25) is 9.69 Å². The highest BCUT2D eigenvalue weighted by Gasteiger charge is 2.25. The molecule has 1 aliphatic rings. The Morgan fingerprint density at radius 3 is 2.60 bits per heavy atom. The van der Waals surface area contributed by atoms with Crippen LogP contribution in [0.5, 0.6) is 0 Å². The predicted molar refractivity (Wildman–Crippen MR) is 107 cm³/mol. The van der Waals surface area contributed by atoms with Crippen molar-refractivity contribution in [3.63, 3.8) is 0 Å². The van der Waals surface area contributed by atoms with Crippen molar-refractivity contribution in [2.75, 3.05) is 18.4 Å². The van der Waals surface area contributed by atoms with Crippen molar-refractivity contribution >= 4 is 50.7 Å². The minimum absolute atomic E-state index is 0.0398.